The van der Waals surface area contributed by atoms with Crippen LogP contribution >= 0.6 is 0 Å². The highest BCUT2D eigenvalue weighted by Gasteiger charge is 2.44. The molecule has 0 aliphatic heterocycles. The van der Waals surface area contributed by atoms with Crippen molar-refractivity contribution in [1.82, 2.24) is 0 Å². The largest absolute Gasteiger partial charge is 0.392 e. The second-order valence-corrected chi connectivity index (χ2v) is 8.94. The van der Waals surface area contributed by atoms with Gasteiger partial charge in [-0.3, -0.25) is 4.79 Å². The number of carbonyl (C=O) groups excluding carboxylic acids is 1. The number of ketones is 1. The molecular weight excluding hydrogens is 320 g/mol. The van der Waals surface area contributed by atoms with E-state index in [2.05, 4.69) is 52.0 Å². The summed E-state index contributed by atoms with van der Waals surface area (Å²) in [6.45, 7) is 8.74. The van der Waals surface area contributed by atoms with Crippen LogP contribution in [0.4, 0.5) is 0 Å². The predicted molar refractivity (Wildman–Crippen MR) is 108 cm³/mol. The molecule has 142 valence electrons. The second kappa shape index (κ2) is 8.08. The van der Waals surface area contributed by atoms with E-state index in [0.29, 0.717) is 29.6 Å². The van der Waals surface area contributed by atoms with Gasteiger partial charge in [0, 0.05) is 0 Å². The first-order chi connectivity index (χ1) is 12.4. The lowest BCUT2D eigenvalue weighted by Gasteiger charge is -2.34. The third kappa shape index (κ3) is 3.81. The van der Waals surface area contributed by atoms with E-state index in [-0.39, 0.29) is 18.3 Å². The van der Waals surface area contributed by atoms with Crippen LogP contribution in [0, 0.1) is 35.5 Å². The van der Waals surface area contributed by atoms with E-state index in [1.54, 1.807) is 0 Å². The van der Waals surface area contributed by atoms with E-state index >= 15 is 0 Å². The van der Waals surface area contributed by atoms with E-state index in [1.165, 1.54) is 24.0 Å². The Balaban J connectivity index is 1.82. The van der Waals surface area contributed by atoms with Gasteiger partial charge in [-0.05, 0) is 87.7 Å². The van der Waals surface area contributed by atoms with Crippen molar-refractivity contribution in [3.63, 3.8) is 0 Å². The normalized spacial score (nSPS) is 35.3. The van der Waals surface area contributed by atoms with Crippen LogP contribution < -0.4 is 0 Å². The summed E-state index contributed by atoms with van der Waals surface area (Å²) < 4.78 is 0. The number of hydrogen-bond donors (Lipinski definition) is 1. The molecule has 3 rings (SSSR count). The maximum atomic E-state index is 12.4. The van der Waals surface area contributed by atoms with Crippen molar-refractivity contribution in [2.45, 2.75) is 53.4 Å². The lowest BCUT2D eigenvalue weighted by atomic mass is 9.71. The lowest BCUT2D eigenvalue weighted by Crippen LogP contribution is -2.29. The van der Waals surface area contributed by atoms with Gasteiger partial charge in [0.15, 0.2) is 5.78 Å². The van der Waals surface area contributed by atoms with Crippen LogP contribution in [0.15, 0.2) is 47.1 Å². The number of carbonyl (C=O) groups is 1. The molecular formula is C24H34O2. The highest BCUT2D eigenvalue weighted by Crippen LogP contribution is 2.51. The maximum Gasteiger partial charge on any atom is 0.163 e. The first-order valence-electron chi connectivity index (χ1n) is 10.3. The van der Waals surface area contributed by atoms with Gasteiger partial charge in [-0.15, -0.1) is 0 Å². The van der Waals surface area contributed by atoms with Gasteiger partial charge in [0.25, 0.3) is 0 Å². The molecule has 0 aromatic rings. The van der Waals surface area contributed by atoms with Crippen molar-refractivity contribution in [1.29, 1.82) is 0 Å². The summed E-state index contributed by atoms with van der Waals surface area (Å²) in [6.07, 6.45) is 15.5. The number of aliphatic hydroxyl groups is 1. The number of allylic oxidation sites excluding steroid dienone is 7. The molecule has 0 aromatic carbocycles. The Morgan fingerprint density at radius 3 is 2.81 bits per heavy atom. The van der Waals surface area contributed by atoms with Crippen LogP contribution in [0.2, 0.25) is 0 Å². The fourth-order valence-electron chi connectivity index (χ4n) is 5.61. The fourth-order valence-corrected chi connectivity index (χ4v) is 5.61. The first kappa shape index (κ1) is 19.4. The Bertz CT molecular complexity index is 660. The molecule has 1 saturated carbocycles. The molecule has 26 heavy (non-hydrogen) atoms. The average Bonchev–Trinajstić information content (AvgIpc) is 3.07. The van der Waals surface area contributed by atoms with Gasteiger partial charge < -0.3 is 5.11 Å². The zero-order chi connectivity index (χ0) is 18.8. The number of hydrogen-bond acceptors (Lipinski definition) is 2. The second-order valence-electron chi connectivity index (χ2n) is 8.94. The number of rotatable bonds is 4. The summed E-state index contributed by atoms with van der Waals surface area (Å²) in [7, 11) is 0. The van der Waals surface area contributed by atoms with Crippen LogP contribution in [0.25, 0.3) is 0 Å². The van der Waals surface area contributed by atoms with Gasteiger partial charge in [0.1, 0.15) is 0 Å². The summed E-state index contributed by atoms with van der Waals surface area (Å²) in [5.74, 6) is 3.09. The van der Waals surface area contributed by atoms with E-state index in [0.717, 1.165) is 18.4 Å². The van der Waals surface area contributed by atoms with Gasteiger partial charge in [-0.25, -0.2) is 0 Å². The molecule has 3 aliphatic rings. The fraction of sp³-hybridized carbons (Fsp3) is 0.625. The molecule has 2 heteroatoms. The Labute approximate surface area is 158 Å². The monoisotopic (exact) mass is 354 g/mol. The zero-order valence-corrected chi connectivity index (χ0v) is 16.7. The van der Waals surface area contributed by atoms with Crippen LogP contribution in [-0.2, 0) is 4.79 Å². The first-order valence-corrected chi connectivity index (χ1v) is 10.3. The molecule has 0 heterocycles. The molecule has 3 aliphatic carbocycles. The van der Waals surface area contributed by atoms with E-state index in [1.807, 2.05) is 6.08 Å². The van der Waals surface area contributed by atoms with Crippen molar-refractivity contribution in [3.05, 3.63) is 47.1 Å². The van der Waals surface area contributed by atoms with Crippen molar-refractivity contribution < 1.29 is 9.90 Å². The minimum atomic E-state index is -0.0880. The highest BCUT2D eigenvalue weighted by molar-refractivity contribution is 5.97. The number of fused-ring (bicyclic) bond motifs is 2. The third-order valence-electron chi connectivity index (χ3n) is 7.00. The minimum Gasteiger partial charge on any atom is -0.392 e. The lowest BCUT2D eigenvalue weighted by molar-refractivity contribution is -0.117. The van der Waals surface area contributed by atoms with Crippen LogP contribution in [0.1, 0.15) is 53.4 Å². The van der Waals surface area contributed by atoms with E-state index in [9.17, 15) is 9.90 Å². The molecule has 0 bridgehead atoms. The Hall–Kier alpha value is -1.41. The van der Waals surface area contributed by atoms with Gasteiger partial charge >= 0.3 is 0 Å². The van der Waals surface area contributed by atoms with Crippen molar-refractivity contribution in [2.75, 3.05) is 6.61 Å². The topological polar surface area (TPSA) is 37.3 Å². The summed E-state index contributed by atoms with van der Waals surface area (Å²) >= 11 is 0. The smallest absolute Gasteiger partial charge is 0.163 e. The molecule has 1 fully saturated rings. The van der Waals surface area contributed by atoms with Gasteiger partial charge in [-0.2, -0.15) is 0 Å². The summed E-state index contributed by atoms with van der Waals surface area (Å²) in [6, 6.07) is 0. The quantitative estimate of drug-likeness (QED) is 0.552. The highest BCUT2D eigenvalue weighted by atomic mass is 16.3. The molecule has 0 amide bonds. The predicted octanol–water partition coefficient (Wildman–Crippen LogP) is 5.26. The molecule has 0 aromatic heterocycles. The summed E-state index contributed by atoms with van der Waals surface area (Å²) in [4.78, 5) is 12.4. The summed E-state index contributed by atoms with van der Waals surface area (Å²) in [5, 5.41) is 9.88. The SMILES string of the molecule is CC(C)=CC=C[C@H](C)[C@H]1CC[C@@H]2C[C@@H]3C(C)=CC(=O)[C@H]3C(CO)=CC[C@H]21. The standard InChI is InChI=1S/C24H34O2/c1-15(2)6-5-7-16(3)20-10-8-18-13-22-17(4)12-23(26)24(22)19(14-25)9-11-21(18)20/h5-7,9,12,16,18,20-22,24-25H,8,10-11,13-14H2,1-4H3/t16-,18+,20+,21+,22+,24-/m0/s1. The van der Waals surface area contributed by atoms with Crippen LogP contribution in [0.3, 0.4) is 0 Å². The van der Waals surface area contributed by atoms with Gasteiger partial charge in [0.05, 0.1) is 12.5 Å². The molecule has 0 saturated heterocycles. The Kier molecular flexibility index (Phi) is 6.02. The van der Waals surface area contributed by atoms with Crippen molar-refractivity contribution in [2.24, 2.45) is 35.5 Å². The minimum absolute atomic E-state index is 0.0199. The number of aliphatic hydroxyl groups excluding tert-OH is 1. The van der Waals surface area contributed by atoms with E-state index < -0.39 is 0 Å². The van der Waals surface area contributed by atoms with Crippen molar-refractivity contribution >= 4 is 5.78 Å². The zero-order valence-electron chi connectivity index (χ0n) is 16.7. The Morgan fingerprint density at radius 2 is 2.12 bits per heavy atom. The summed E-state index contributed by atoms with van der Waals surface area (Å²) in [5.41, 5.74) is 3.52. The molecule has 2 nitrogen and oxygen atoms in total. The van der Waals surface area contributed by atoms with Crippen LogP contribution in [0.5, 0.6) is 0 Å². The van der Waals surface area contributed by atoms with Gasteiger partial charge in [0.2, 0.25) is 0 Å². The molecule has 0 spiro atoms. The molecule has 6 atom stereocenters. The van der Waals surface area contributed by atoms with Crippen LogP contribution in [-0.4, -0.2) is 17.5 Å². The van der Waals surface area contributed by atoms with Gasteiger partial charge in [-0.1, -0.05) is 42.4 Å². The average molecular weight is 355 g/mol. The Morgan fingerprint density at radius 1 is 1.35 bits per heavy atom. The van der Waals surface area contributed by atoms with E-state index in [4.69, 9.17) is 0 Å². The molecule has 1 N–H and O–H groups in total. The molecule has 0 unspecified atom stereocenters. The molecule has 0 radical (unpaired) electrons. The third-order valence-corrected chi connectivity index (χ3v) is 7.00. The van der Waals surface area contributed by atoms with Crippen molar-refractivity contribution in [3.8, 4) is 0 Å². The maximum absolute atomic E-state index is 12.4.